The van der Waals surface area contributed by atoms with Gasteiger partial charge in [-0.1, -0.05) is 0 Å². The number of alkyl halides is 6. The van der Waals surface area contributed by atoms with Crippen LogP contribution in [-0.4, -0.2) is 24.3 Å². The van der Waals surface area contributed by atoms with Crippen molar-refractivity contribution in [3.63, 3.8) is 0 Å². The second kappa shape index (κ2) is 8.23. The molecule has 3 rings (SSSR count). The number of rotatable bonds is 4. The first-order chi connectivity index (χ1) is 13.5. The number of halogens is 6. The molecule has 158 valence electrons. The summed E-state index contributed by atoms with van der Waals surface area (Å²) in [5, 5.41) is 12.8. The van der Waals surface area contributed by atoms with Gasteiger partial charge in [-0.2, -0.15) is 26.3 Å². The Morgan fingerprint density at radius 1 is 0.931 bits per heavy atom. The lowest BCUT2D eigenvalue weighted by Gasteiger charge is -2.23. The monoisotopic (exact) mass is 419 g/mol. The van der Waals surface area contributed by atoms with Gasteiger partial charge in [-0.05, 0) is 79.0 Å². The number of phenolic OH excluding ortho intramolecular Hbond substituents is 1. The van der Waals surface area contributed by atoms with Crippen molar-refractivity contribution < 1.29 is 36.2 Å². The fourth-order valence-electron chi connectivity index (χ4n) is 3.29. The van der Waals surface area contributed by atoms with Crippen LogP contribution in [0.4, 0.5) is 26.3 Å². The maximum Gasteiger partial charge on any atom is 0.417 e. The molecule has 0 bridgehead atoms. The summed E-state index contributed by atoms with van der Waals surface area (Å²) in [6, 6.07) is 5.08. The highest BCUT2D eigenvalue weighted by molar-refractivity contribution is 5.71. The highest BCUT2D eigenvalue weighted by atomic mass is 19.4. The summed E-state index contributed by atoms with van der Waals surface area (Å²) in [5.41, 5.74) is -2.89. The molecule has 0 radical (unpaired) electrons. The van der Waals surface area contributed by atoms with Gasteiger partial charge in [-0.25, -0.2) is 0 Å². The Hall–Kier alpha value is -2.26. The number of hydrogen-bond donors (Lipinski definition) is 2. The molecule has 0 unspecified atom stereocenters. The first-order valence-corrected chi connectivity index (χ1v) is 8.98. The Kier molecular flexibility index (Phi) is 6.09. The molecule has 1 heterocycles. The van der Waals surface area contributed by atoms with Crippen LogP contribution in [0.2, 0.25) is 0 Å². The summed E-state index contributed by atoms with van der Waals surface area (Å²) in [6.45, 7) is 1.31. The van der Waals surface area contributed by atoms with E-state index in [1.807, 2.05) is 0 Å². The van der Waals surface area contributed by atoms with E-state index in [-0.39, 0.29) is 23.8 Å². The first-order valence-electron chi connectivity index (χ1n) is 8.98. The molecule has 3 nitrogen and oxygen atoms in total. The van der Waals surface area contributed by atoms with Crippen LogP contribution < -0.4 is 5.32 Å². The molecule has 2 aromatic rings. The van der Waals surface area contributed by atoms with Crippen LogP contribution in [0.5, 0.6) is 5.75 Å². The van der Waals surface area contributed by atoms with Crippen molar-refractivity contribution in [2.24, 2.45) is 0 Å². The Labute approximate surface area is 163 Å². The predicted octanol–water partition coefficient (Wildman–Crippen LogP) is 5.37. The summed E-state index contributed by atoms with van der Waals surface area (Å²) in [5.74, 6) is -0.474. The molecular formula is C20H19F6NO2. The molecule has 29 heavy (non-hydrogen) atoms. The lowest BCUT2D eigenvalue weighted by molar-refractivity contribution is -0.137. The van der Waals surface area contributed by atoms with Crippen LogP contribution in [0.25, 0.3) is 11.1 Å². The quantitative estimate of drug-likeness (QED) is 0.656. The number of ether oxygens (including phenoxy) is 1. The van der Waals surface area contributed by atoms with Gasteiger partial charge in [0.1, 0.15) is 5.75 Å². The fourth-order valence-corrected chi connectivity index (χ4v) is 3.29. The third kappa shape index (κ3) is 5.42. The number of benzene rings is 2. The highest BCUT2D eigenvalue weighted by Crippen LogP contribution is 2.41. The predicted molar refractivity (Wildman–Crippen MR) is 94.2 cm³/mol. The molecule has 0 aliphatic carbocycles. The molecule has 1 saturated heterocycles. The molecule has 1 fully saturated rings. The van der Waals surface area contributed by atoms with Crippen LogP contribution >= 0.6 is 0 Å². The van der Waals surface area contributed by atoms with E-state index in [4.69, 9.17) is 4.74 Å². The minimum Gasteiger partial charge on any atom is -0.508 e. The zero-order chi connectivity index (χ0) is 21.2. The van der Waals surface area contributed by atoms with Crippen molar-refractivity contribution in [2.45, 2.75) is 37.9 Å². The molecule has 0 aromatic heterocycles. The van der Waals surface area contributed by atoms with Crippen molar-refractivity contribution in [1.29, 1.82) is 0 Å². The van der Waals surface area contributed by atoms with Gasteiger partial charge in [0.15, 0.2) is 0 Å². The molecule has 0 spiro atoms. The third-order valence-electron chi connectivity index (χ3n) is 4.71. The molecular weight excluding hydrogens is 400 g/mol. The second-order valence-electron chi connectivity index (χ2n) is 6.90. The molecule has 0 amide bonds. The largest absolute Gasteiger partial charge is 0.508 e. The van der Waals surface area contributed by atoms with Crippen molar-refractivity contribution in [3.8, 4) is 16.9 Å². The summed E-state index contributed by atoms with van der Waals surface area (Å²) in [4.78, 5) is 0. The average molecular weight is 419 g/mol. The van der Waals surface area contributed by atoms with E-state index < -0.39 is 34.8 Å². The van der Waals surface area contributed by atoms with Crippen molar-refractivity contribution >= 4 is 0 Å². The van der Waals surface area contributed by atoms with E-state index in [0.717, 1.165) is 31.3 Å². The fraction of sp³-hybridized carbons (Fsp3) is 0.400. The van der Waals surface area contributed by atoms with Gasteiger partial charge < -0.3 is 15.2 Å². The molecule has 9 heteroatoms. The molecule has 1 aliphatic rings. The summed E-state index contributed by atoms with van der Waals surface area (Å²) in [7, 11) is 0. The van der Waals surface area contributed by atoms with E-state index in [1.54, 1.807) is 0 Å². The van der Waals surface area contributed by atoms with E-state index in [9.17, 15) is 31.4 Å². The van der Waals surface area contributed by atoms with E-state index in [2.05, 4.69) is 5.32 Å². The minimum absolute atomic E-state index is 0.116. The maximum atomic E-state index is 13.4. The van der Waals surface area contributed by atoms with Gasteiger partial charge in [0.2, 0.25) is 0 Å². The van der Waals surface area contributed by atoms with Crippen LogP contribution in [0.3, 0.4) is 0 Å². The SMILES string of the molecule is Oc1ccc(C(F)(F)F)c(-c2cc(COC3CCNCC3)cc(C(F)(F)F)c2)c1. The van der Waals surface area contributed by atoms with Gasteiger partial charge in [0.05, 0.1) is 23.8 Å². The number of phenols is 1. The lowest BCUT2D eigenvalue weighted by atomic mass is 9.95. The first kappa shape index (κ1) is 21.4. The number of aromatic hydroxyl groups is 1. The highest BCUT2D eigenvalue weighted by Gasteiger charge is 2.35. The van der Waals surface area contributed by atoms with Crippen LogP contribution in [0, 0.1) is 0 Å². The minimum atomic E-state index is -4.79. The van der Waals surface area contributed by atoms with Crippen molar-refractivity contribution in [1.82, 2.24) is 5.32 Å². The van der Waals surface area contributed by atoms with E-state index in [0.29, 0.717) is 25.0 Å². The molecule has 2 N–H and O–H groups in total. The van der Waals surface area contributed by atoms with Crippen LogP contribution in [0.1, 0.15) is 29.5 Å². The topological polar surface area (TPSA) is 41.5 Å². The normalized spacial score (nSPS) is 16.2. The number of piperidine rings is 1. The van der Waals surface area contributed by atoms with Gasteiger partial charge in [0.25, 0.3) is 0 Å². The Bertz CT molecular complexity index is 857. The van der Waals surface area contributed by atoms with E-state index >= 15 is 0 Å². The molecule has 0 saturated carbocycles. The smallest absolute Gasteiger partial charge is 0.417 e. The van der Waals surface area contributed by atoms with Gasteiger partial charge in [-0.15, -0.1) is 0 Å². The zero-order valence-corrected chi connectivity index (χ0v) is 15.2. The van der Waals surface area contributed by atoms with Gasteiger partial charge in [0, 0.05) is 0 Å². The summed E-state index contributed by atoms with van der Waals surface area (Å²) in [6.07, 6.45) is -8.24. The Morgan fingerprint density at radius 2 is 1.62 bits per heavy atom. The average Bonchev–Trinajstić information content (AvgIpc) is 2.65. The van der Waals surface area contributed by atoms with Gasteiger partial charge >= 0.3 is 12.4 Å². The molecule has 0 atom stereocenters. The second-order valence-corrected chi connectivity index (χ2v) is 6.90. The lowest BCUT2D eigenvalue weighted by Crippen LogP contribution is -2.32. The van der Waals surface area contributed by atoms with Crippen LogP contribution in [-0.2, 0) is 23.7 Å². The van der Waals surface area contributed by atoms with Crippen LogP contribution in [0.15, 0.2) is 36.4 Å². The number of nitrogens with one attached hydrogen (secondary N) is 1. The van der Waals surface area contributed by atoms with Crippen molar-refractivity contribution in [2.75, 3.05) is 13.1 Å². The molecule has 1 aliphatic heterocycles. The maximum absolute atomic E-state index is 13.4. The summed E-state index contributed by atoms with van der Waals surface area (Å²) < 4.78 is 85.8. The van der Waals surface area contributed by atoms with Gasteiger partial charge in [-0.3, -0.25) is 0 Å². The van der Waals surface area contributed by atoms with E-state index in [1.165, 1.54) is 6.07 Å². The number of hydrogen-bond acceptors (Lipinski definition) is 3. The summed E-state index contributed by atoms with van der Waals surface area (Å²) >= 11 is 0. The zero-order valence-electron chi connectivity index (χ0n) is 15.2. The third-order valence-corrected chi connectivity index (χ3v) is 4.71. The Balaban J connectivity index is 2.01. The Morgan fingerprint density at radius 3 is 2.24 bits per heavy atom. The standard InChI is InChI=1S/C20H19F6NO2/c21-19(22,23)14-8-12(11-29-16-3-5-27-6-4-16)7-13(9-14)17-10-15(28)1-2-18(17)20(24,25)26/h1-2,7-10,16,27-28H,3-6,11H2. The molecule has 2 aromatic carbocycles. The van der Waals surface area contributed by atoms with Crippen molar-refractivity contribution in [3.05, 3.63) is 53.1 Å².